The van der Waals surface area contributed by atoms with Gasteiger partial charge in [0.25, 0.3) is 5.91 Å². The maximum Gasteiger partial charge on any atom is 0.257 e. The van der Waals surface area contributed by atoms with E-state index in [1.165, 1.54) is 12.5 Å². The molecule has 1 amide bonds. The standard InChI is InChI=1S/C14H17N3O2/c1-10-7-13(16-15-10)11-3-2-5-17(8-11)14(18)12-4-6-19-9-12/h4,6-7,9,11H,2-3,5,8H2,1H3,(H,15,16)/t11-/m0/s1. The van der Waals surface area contributed by atoms with Gasteiger partial charge in [0.15, 0.2) is 0 Å². The van der Waals surface area contributed by atoms with E-state index in [4.69, 9.17) is 4.42 Å². The number of amides is 1. The Labute approximate surface area is 111 Å². The second kappa shape index (κ2) is 4.91. The number of nitrogens with zero attached hydrogens (tertiary/aromatic N) is 2. The summed E-state index contributed by atoms with van der Waals surface area (Å²) in [6, 6.07) is 3.78. The van der Waals surface area contributed by atoms with Crippen molar-refractivity contribution in [1.82, 2.24) is 15.1 Å². The number of furan rings is 1. The quantitative estimate of drug-likeness (QED) is 0.900. The smallest absolute Gasteiger partial charge is 0.257 e. The molecule has 1 saturated heterocycles. The van der Waals surface area contributed by atoms with Crippen LogP contribution < -0.4 is 0 Å². The highest BCUT2D eigenvalue weighted by Crippen LogP contribution is 2.26. The molecule has 0 aromatic carbocycles. The largest absolute Gasteiger partial charge is 0.472 e. The lowest BCUT2D eigenvalue weighted by atomic mass is 9.94. The molecule has 2 aromatic heterocycles. The van der Waals surface area contributed by atoms with Crippen LogP contribution in [0, 0.1) is 6.92 Å². The van der Waals surface area contributed by atoms with Crippen LogP contribution >= 0.6 is 0 Å². The van der Waals surface area contributed by atoms with Gasteiger partial charge in [-0.3, -0.25) is 9.89 Å². The third-order valence-electron chi connectivity index (χ3n) is 3.62. The van der Waals surface area contributed by atoms with Crippen molar-refractivity contribution in [1.29, 1.82) is 0 Å². The van der Waals surface area contributed by atoms with Crippen molar-refractivity contribution in [2.24, 2.45) is 0 Å². The van der Waals surface area contributed by atoms with E-state index in [1.54, 1.807) is 6.07 Å². The van der Waals surface area contributed by atoms with Crippen molar-refractivity contribution in [3.05, 3.63) is 41.6 Å². The number of aryl methyl sites for hydroxylation is 1. The monoisotopic (exact) mass is 259 g/mol. The first-order valence-corrected chi connectivity index (χ1v) is 6.57. The molecule has 1 aliphatic heterocycles. The van der Waals surface area contributed by atoms with Gasteiger partial charge >= 0.3 is 0 Å². The van der Waals surface area contributed by atoms with Gasteiger partial charge in [0, 0.05) is 24.7 Å². The second-order valence-electron chi connectivity index (χ2n) is 5.08. The Morgan fingerprint density at radius 2 is 2.47 bits per heavy atom. The third-order valence-corrected chi connectivity index (χ3v) is 3.62. The average molecular weight is 259 g/mol. The Hall–Kier alpha value is -2.04. The number of rotatable bonds is 2. The fourth-order valence-corrected chi connectivity index (χ4v) is 2.62. The number of carbonyl (C=O) groups is 1. The Morgan fingerprint density at radius 1 is 1.58 bits per heavy atom. The molecule has 3 rings (SSSR count). The van der Waals surface area contributed by atoms with E-state index in [9.17, 15) is 4.79 Å². The number of hydrogen-bond donors (Lipinski definition) is 1. The molecule has 0 saturated carbocycles. The third kappa shape index (κ3) is 2.41. The van der Waals surface area contributed by atoms with E-state index in [-0.39, 0.29) is 5.91 Å². The van der Waals surface area contributed by atoms with Crippen LogP contribution in [0.15, 0.2) is 29.1 Å². The first kappa shape index (κ1) is 12.0. The van der Waals surface area contributed by atoms with E-state index in [0.717, 1.165) is 37.3 Å². The maximum atomic E-state index is 12.3. The SMILES string of the molecule is Cc1cc([C@H]2CCCN(C(=O)c3ccoc3)C2)n[nH]1. The molecule has 1 aliphatic rings. The van der Waals surface area contributed by atoms with Gasteiger partial charge < -0.3 is 9.32 Å². The summed E-state index contributed by atoms with van der Waals surface area (Å²) in [5, 5.41) is 7.28. The van der Waals surface area contributed by atoms with Gasteiger partial charge in [-0.1, -0.05) is 0 Å². The predicted molar refractivity (Wildman–Crippen MR) is 69.9 cm³/mol. The summed E-state index contributed by atoms with van der Waals surface area (Å²) in [4.78, 5) is 14.2. The predicted octanol–water partition coefficient (Wildman–Crippen LogP) is 2.33. The molecule has 1 atom stereocenters. The van der Waals surface area contributed by atoms with Crippen LogP contribution in [0.4, 0.5) is 0 Å². The van der Waals surface area contributed by atoms with Gasteiger partial charge in [-0.05, 0) is 31.9 Å². The summed E-state index contributed by atoms with van der Waals surface area (Å²) in [6.07, 6.45) is 5.13. The van der Waals surface area contributed by atoms with E-state index in [2.05, 4.69) is 16.3 Å². The first-order chi connectivity index (χ1) is 9.24. The van der Waals surface area contributed by atoms with E-state index >= 15 is 0 Å². The molecule has 0 aliphatic carbocycles. The van der Waals surface area contributed by atoms with Crippen molar-refractivity contribution in [3.8, 4) is 0 Å². The van der Waals surface area contributed by atoms with Crippen molar-refractivity contribution >= 4 is 5.91 Å². The van der Waals surface area contributed by atoms with Gasteiger partial charge in [0.1, 0.15) is 6.26 Å². The molecule has 0 bridgehead atoms. The van der Waals surface area contributed by atoms with Crippen molar-refractivity contribution in [2.75, 3.05) is 13.1 Å². The van der Waals surface area contributed by atoms with E-state index in [0.29, 0.717) is 11.5 Å². The fraction of sp³-hybridized carbons (Fsp3) is 0.429. The summed E-state index contributed by atoms with van der Waals surface area (Å²) < 4.78 is 4.98. The maximum absolute atomic E-state index is 12.3. The van der Waals surface area contributed by atoms with Crippen LogP contribution in [0.25, 0.3) is 0 Å². The number of aromatic amines is 1. The number of nitrogens with one attached hydrogen (secondary N) is 1. The van der Waals surface area contributed by atoms with Crippen molar-refractivity contribution < 1.29 is 9.21 Å². The van der Waals surface area contributed by atoms with Gasteiger partial charge in [0.2, 0.25) is 0 Å². The van der Waals surface area contributed by atoms with E-state index in [1.807, 2.05) is 11.8 Å². The Balaban J connectivity index is 1.73. The van der Waals surface area contributed by atoms with Gasteiger partial charge in [0.05, 0.1) is 17.5 Å². The zero-order valence-corrected chi connectivity index (χ0v) is 10.9. The molecule has 1 fully saturated rings. The minimum absolute atomic E-state index is 0.0470. The van der Waals surface area contributed by atoms with Crippen molar-refractivity contribution in [2.45, 2.75) is 25.7 Å². The number of hydrogen-bond acceptors (Lipinski definition) is 3. The summed E-state index contributed by atoms with van der Waals surface area (Å²) in [5.74, 6) is 0.375. The molecule has 2 aromatic rings. The summed E-state index contributed by atoms with van der Waals surface area (Å²) in [6.45, 7) is 3.53. The summed E-state index contributed by atoms with van der Waals surface area (Å²) >= 11 is 0. The molecule has 100 valence electrons. The zero-order chi connectivity index (χ0) is 13.2. The Kier molecular flexibility index (Phi) is 3.11. The molecule has 1 N–H and O–H groups in total. The lowest BCUT2D eigenvalue weighted by molar-refractivity contribution is 0.0705. The minimum atomic E-state index is 0.0470. The van der Waals surface area contributed by atoms with Crippen LogP contribution in [0.2, 0.25) is 0 Å². The molecule has 0 radical (unpaired) electrons. The topological polar surface area (TPSA) is 62.1 Å². The Morgan fingerprint density at radius 3 is 3.16 bits per heavy atom. The van der Waals surface area contributed by atoms with Gasteiger partial charge in [-0.2, -0.15) is 5.10 Å². The molecule has 19 heavy (non-hydrogen) atoms. The highest BCUT2D eigenvalue weighted by atomic mass is 16.3. The number of aromatic nitrogens is 2. The lowest BCUT2D eigenvalue weighted by Crippen LogP contribution is -2.39. The first-order valence-electron chi connectivity index (χ1n) is 6.57. The van der Waals surface area contributed by atoms with Crippen LogP contribution in [0.3, 0.4) is 0 Å². The highest BCUT2D eigenvalue weighted by Gasteiger charge is 2.27. The molecule has 5 heteroatoms. The fourth-order valence-electron chi connectivity index (χ4n) is 2.62. The number of carbonyl (C=O) groups excluding carboxylic acids is 1. The van der Waals surface area contributed by atoms with Gasteiger partial charge in [-0.15, -0.1) is 0 Å². The van der Waals surface area contributed by atoms with Crippen LogP contribution in [-0.4, -0.2) is 34.1 Å². The number of H-pyrrole nitrogens is 1. The molecular weight excluding hydrogens is 242 g/mol. The molecule has 5 nitrogen and oxygen atoms in total. The normalized spacial score (nSPS) is 19.6. The lowest BCUT2D eigenvalue weighted by Gasteiger charge is -2.31. The molecular formula is C14H17N3O2. The second-order valence-corrected chi connectivity index (χ2v) is 5.08. The van der Waals surface area contributed by atoms with Gasteiger partial charge in [-0.25, -0.2) is 0 Å². The Bertz CT molecular complexity index is 559. The summed E-state index contributed by atoms with van der Waals surface area (Å²) in [5.41, 5.74) is 2.74. The highest BCUT2D eigenvalue weighted by molar-refractivity contribution is 5.93. The molecule has 3 heterocycles. The number of likely N-dealkylation sites (tertiary alicyclic amines) is 1. The van der Waals surface area contributed by atoms with Crippen LogP contribution in [-0.2, 0) is 0 Å². The van der Waals surface area contributed by atoms with Crippen LogP contribution in [0.5, 0.6) is 0 Å². The summed E-state index contributed by atoms with van der Waals surface area (Å²) in [7, 11) is 0. The average Bonchev–Trinajstić information content (AvgIpc) is 3.09. The zero-order valence-electron chi connectivity index (χ0n) is 10.9. The van der Waals surface area contributed by atoms with Crippen LogP contribution in [0.1, 0.15) is 40.5 Å². The minimum Gasteiger partial charge on any atom is -0.472 e. The van der Waals surface area contributed by atoms with E-state index < -0.39 is 0 Å². The molecule has 0 unspecified atom stereocenters. The van der Waals surface area contributed by atoms with Crippen molar-refractivity contribution in [3.63, 3.8) is 0 Å². The number of piperidine rings is 1. The molecule has 0 spiro atoms.